The zero-order chi connectivity index (χ0) is 17.1. The maximum atomic E-state index is 12.6. The third-order valence-corrected chi connectivity index (χ3v) is 6.32. The highest BCUT2D eigenvalue weighted by atomic mass is 32.1. The summed E-state index contributed by atoms with van der Waals surface area (Å²) in [6.45, 7) is 6.73. The Morgan fingerprint density at radius 2 is 1.80 bits per heavy atom. The van der Waals surface area contributed by atoms with Gasteiger partial charge in [-0.3, -0.25) is 9.69 Å². The summed E-state index contributed by atoms with van der Waals surface area (Å²) in [4.78, 5) is 20.9. The van der Waals surface area contributed by atoms with Crippen molar-refractivity contribution >= 4 is 22.9 Å². The number of anilines is 1. The van der Waals surface area contributed by atoms with Gasteiger partial charge >= 0.3 is 0 Å². The van der Waals surface area contributed by atoms with Crippen LogP contribution >= 0.6 is 11.3 Å². The number of nitrogens with zero attached hydrogens (tertiary/aromatic N) is 3. The Morgan fingerprint density at radius 3 is 2.60 bits per heavy atom. The Kier molecular flexibility index (Phi) is 5.04. The number of hydrogen-bond donors (Lipinski definition) is 0. The van der Waals surface area contributed by atoms with E-state index in [-0.39, 0.29) is 0 Å². The lowest BCUT2D eigenvalue weighted by molar-refractivity contribution is -0.132. The van der Waals surface area contributed by atoms with Gasteiger partial charge in [0.2, 0.25) is 5.91 Å². The fraction of sp³-hybridized carbons (Fsp3) is 0.450. The summed E-state index contributed by atoms with van der Waals surface area (Å²) in [5.41, 5.74) is 2.65. The van der Waals surface area contributed by atoms with Crippen molar-refractivity contribution in [3.05, 3.63) is 52.2 Å². The Balaban J connectivity index is 1.22. The Morgan fingerprint density at radius 1 is 1.00 bits per heavy atom. The first-order valence-corrected chi connectivity index (χ1v) is 10.0. The van der Waals surface area contributed by atoms with Gasteiger partial charge in [-0.05, 0) is 35.6 Å². The van der Waals surface area contributed by atoms with Crippen LogP contribution in [0.2, 0.25) is 0 Å². The molecular formula is C20H25N3OS. The minimum absolute atomic E-state index is 0.308. The van der Waals surface area contributed by atoms with E-state index in [1.807, 2.05) is 16.2 Å². The highest BCUT2D eigenvalue weighted by molar-refractivity contribution is 7.10. The van der Waals surface area contributed by atoms with Gasteiger partial charge in [0.1, 0.15) is 0 Å². The first kappa shape index (κ1) is 16.6. The summed E-state index contributed by atoms with van der Waals surface area (Å²) in [7, 11) is 0. The molecule has 1 aromatic heterocycles. The van der Waals surface area contributed by atoms with Crippen molar-refractivity contribution in [2.75, 3.05) is 44.2 Å². The Bertz CT molecular complexity index is 707. The third kappa shape index (κ3) is 3.88. The predicted molar refractivity (Wildman–Crippen MR) is 103 cm³/mol. The van der Waals surface area contributed by atoms with Gasteiger partial charge in [0, 0.05) is 62.8 Å². The van der Waals surface area contributed by atoms with Crippen molar-refractivity contribution in [1.29, 1.82) is 0 Å². The average Bonchev–Trinajstić information content (AvgIpc) is 3.15. The lowest BCUT2D eigenvalue weighted by atomic mass is 10.1. The highest BCUT2D eigenvalue weighted by Crippen LogP contribution is 2.24. The van der Waals surface area contributed by atoms with E-state index in [9.17, 15) is 4.79 Å². The number of rotatable bonds is 4. The molecule has 1 amide bonds. The second-order valence-corrected chi connectivity index (χ2v) is 7.85. The largest absolute Gasteiger partial charge is 0.369 e. The summed E-state index contributed by atoms with van der Waals surface area (Å²) in [5.74, 6) is 0.308. The molecule has 0 bridgehead atoms. The van der Waals surface area contributed by atoms with Crippen molar-refractivity contribution in [2.45, 2.75) is 19.4 Å². The van der Waals surface area contributed by atoms with Crippen LogP contribution < -0.4 is 4.90 Å². The summed E-state index contributed by atoms with van der Waals surface area (Å²) >= 11 is 1.82. The van der Waals surface area contributed by atoms with E-state index >= 15 is 0 Å². The molecule has 3 heterocycles. The summed E-state index contributed by atoms with van der Waals surface area (Å²) < 4.78 is 0. The van der Waals surface area contributed by atoms with Gasteiger partial charge in [0.05, 0.1) is 0 Å². The van der Waals surface area contributed by atoms with Gasteiger partial charge in [-0.2, -0.15) is 0 Å². The van der Waals surface area contributed by atoms with E-state index in [4.69, 9.17) is 0 Å². The zero-order valence-electron chi connectivity index (χ0n) is 14.6. The molecule has 5 heteroatoms. The monoisotopic (exact) mass is 355 g/mol. The molecule has 4 rings (SSSR count). The lowest BCUT2D eigenvalue weighted by Gasteiger charge is -2.36. The molecule has 0 N–H and O–H groups in total. The second kappa shape index (κ2) is 7.58. The fourth-order valence-electron chi connectivity index (χ4n) is 3.74. The molecule has 25 heavy (non-hydrogen) atoms. The predicted octanol–water partition coefficient (Wildman–Crippen LogP) is 2.85. The molecule has 0 radical (unpaired) electrons. The van der Waals surface area contributed by atoms with Gasteiger partial charge < -0.3 is 9.80 Å². The molecule has 2 aliphatic rings. The van der Waals surface area contributed by atoms with E-state index in [0.717, 1.165) is 52.2 Å². The van der Waals surface area contributed by atoms with E-state index < -0.39 is 0 Å². The number of benzene rings is 1. The molecule has 2 aliphatic heterocycles. The van der Waals surface area contributed by atoms with Crippen LogP contribution in [0.15, 0.2) is 41.8 Å². The first-order chi connectivity index (χ1) is 12.3. The van der Waals surface area contributed by atoms with E-state index in [0.29, 0.717) is 12.3 Å². The molecule has 0 spiro atoms. The molecular weight excluding hydrogens is 330 g/mol. The highest BCUT2D eigenvalue weighted by Gasteiger charge is 2.23. The Hall–Kier alpha value is -1.85. The standard InChI is InChI=1S/C20H25N3OS/c24-20(23-10-6-19-17(16-23)8-15-25-19)7-9-21-11-13-22(14-12-21)18-4-2-1-3-5-18/h1-5,8,15H,6-7,9-14,16H2. The number of carbonyl (C=O) groups is 1. The van der Waals surface area contributed by atoms with E-state index in [2.05, 4.69) is 51.6 Å². The van der Waals surface area contributed by atoms with Crippen LogP contribution in [0.25, 0.3) is 0 Å². The molecule has 0 atom stereocenters. The topological polar surface area (TPSA) is 26.8 Å². The Labute approximate surface area is 153 Å². The van der Waals surface area contributed by atoms with Crippen molar-refractivity contribution in [1.82, 2.24) is 9.80 Å². The van der Waals surface area contributed by atoms with Gasteiger partial charge in [0.15, 0.2) is 0 Å². The average molecular weight is 356 g/mol. The van der Waals surface area contributed by atoms with Crippen LogP contribution in [0.1, 0.15) is 16.9 Å². The van der Waals surface area contributed by atoms with Crippen LogP contribution in [0.4, 0.5) is 5.69 Å². The number of fused-ring (bicyclic) bond motifs is 1. The molecule has 132 valence electrons. The van der Waals surface area contributed by atoms with E-state index in [1.54, 1.807) is 0 Å². The minimum atomic E-state index is 0.308. The van der Waals surface area contributed by atoms with E-state index in [1.165, 1.54) is 16.1 Å². The minimum Gasteiger partial charge on any atom is -0.369 e. The third-order valence-electron chi connectivity index (χ3n) is 5.30. The SMILES string of the molecule is O=C(CCN1CCN(c2ccccc2)CC1)N1CCc2sccc2C1. The number of para-hydroxylation sites is 1. The summed E-state index contributed by atoms with van der Waals surface area (Å²) in [5, 5.41) is 2.14. The number of thiophene rings is 1. The van der Waals surface area contributed by atoms with Crippen LogP contribution in [0, 0.1) is 0 Å². The second-order valence-electron chi connectivity index (χ2n) is 6.85. The molecule has 0 saturated carbocycles. The van der Waals surface area contributed by atoms with Gasteiger partial charge in [-0.1, -0.05) is 18.2 Å². The number of carbonyl (C=O) groups excluding carboxylic acids is 1. The molecule has 1 fully saturated rings. The number of piperazine rings is 1. The molecule has 0 unspecified atom stereocenters. The van der Waals surface area contributed by atoms with Crippen LogP contribution in [-0.4, -0.2) is 55.0 Å². The van der Waals surface area contributed by atoms with Crippen molar-refractivity contribution in [2.24, 2.45) is 0 Å². The molecule has 1 aromatic carbocycles. The lowest BCUT2D eigenvalue weighted by Crippen LogP contribution is -2.47. The normalized spacial score (nSPS) is 18.2. The quantitative estimate of drug-likeness (QED) is 0.844. The zero-order valence-corrected chi connectivity index (χ0v) is 15.4. The molecule has 0 aliphatic carbocycles. The van der Waals surface area contributed by atoms with Crippen LogP contribution in [0.3, 0.4) is 0 Å². The van der Waals surface area contributed by atoms with Gasteiger partial charge in [0.25, 0.3) is 0 Å². The van der Waals surface area contributed by atoms with Gasteiger partial charge in [-0.15, -0.1) is 11.3 Å². The van der Waals surface area contributed by atoms with Crippen molar-refractivity contribution in [3.8, 4) is 0 Å². The molecule has 4 nitrogen and oxygen atoms in total. The van der Waals surface area contributed by atoms with Gasteiger partial charge in [-0.25, -0.2) is 0 Å². The van der Waals surface area contributed by atoms with Crippen LogP contribution in [0.5, 0.6) is 0 Å². The van der Waals surface area contributed by atoms with Crippen LogP contribution in [-0.2, 0) is 17.8 Å². The smallest absolute Gasteiger partial charge is 0.224 e. The maximum Gasteiger partial charge on any atom is 0.224 e. The summed E-state index contributed by atoms with van der Waals surface area (Å²) in [6.07, 6.45) is 1.67. The van der Waals surface area contributed by atoms with Crippen molar-refractivity contribution < 1.29 is 4.79 Å². The first-order valence-electron chi connectivity index (χ1n) is 9.15. The molecule has 2 aromatic rings. The molecule has 1 saturated heterocycles. The van der Waals surface area contributed by atoms with Crippen molar-refractivity contribution in [3.63, 3.8) is 0 Å². The summed E-state index contributed by atoms with van der Waals surface area (Å²) in [6, 6.07) is 12.8. The maximum absolute atomic E-state index is 12.6. The number of hydrogen-bond acceptors (Lipinski definition) is 4. The fourth-order valence-corrected chi connectivity index (χ4v) is 4.63. The number of amides is 1.